The molecule has 3 heteroatoms. The van der Waals surface area contributed by atoms with E-state index in [0.29, 0.717) is 0 Å². The van der Waals surface area contributed by atoms with Gasteiger partial charge in [0.1, 0.15) is 5.75 Å². The highest BCUT2D eigenvalue weighted by Crippen LogP contribution is 2.28. The Morgan fingerprint density at radius 1 is 1.12 bits per heavy atom. The van der Waals surface area contributed by atoms with Gasteiger partial charge in [0, 0.05) is 29.4 Å². The van der Waals surface area contributed by atoms with Crippen molar-refractivity contribution in [3.05, 3.63) is 48.9 Å². The van der Waals surface area contributed by atoms with Crippen LogP contribution in [0.25, 0.3) is 22.0 Å². The fraction of sp³-hybridized carbons (Fsp3) is 0.0714. The summed E-state index contributed by atoms with van der Waals surface area (Å²) in [5.41, 5.74) is 2.26. The number of aromatic amines is 1. The van der Waals surface area contributed by atoms with Gasteiger partial charge < -0.3 is 9.72 Å². The molecule has 2 heterocycles. The minimum absolute atomic E-state index is 0.867. The van der Waals surface area contributed by atoms with Gasteiger partial charge in [-0.3, -0.25) is 4.98 Å². The quantitative estimate of drug-likeness (QED) is 0.725. The van der Waals surface area contributed by atoms with E-state index in [1.807, 2.05) is 48.9 Å². The first-order chi connectivity index (χ1) is 8.38. The molecule has 0 bridgehead atoms. The molecule has 0 unspecified atom stereocenters. The summed E-state index contributed by atoms with van der Waals surface area (Å²) in [6, 6.07) is 10.0. The number of methoxy groups -OCH3 is 1. The summed E-state index contributed by atoms with van der Waals surface area (Å²) in [6.45, 7) is 0. The fourth-order valence-corrected chi connectivity index (χ4v) is 1.97. The molecule has 0 saturated carbocycles. The third kappa shape index (κ3) is 1.65. The van der Waals surface area contributed by atoms with Gasteiger partial charge in [-0.25, -0.2) is 0 Å². The van der Waals surface area contributed by atoms with Crippen LogP contribution in [0.1, 0.15) is 0 Å². The Bertz CT molecular complexity index is 641. The summed E-state index contributed by atoms with van der Waals surface area (Å²) in [5, 5.41) is 2.31. The van der Waals surface area contributed by atoms with Crippen LogP contribution >= 0.6 is 0 Å². The predicted molar refractivity (Wildman–Crippen MR) is 68.1 cm³/mol. The average Bonchev–Trinajstić information content (AvgIpc) is 2.83. The zero-order chi connectivity index (χ0) is 11.7. The topological polar surface area (TPSA) is 37.9 Å². The van der Waals surface area contributed by atoms with Crippen molar-refractivity contribution in [2.45, 2.75) is 0 Å². The number of aromatic nitrogens is 2. The number of ether oxygens (including phenoxy) is 1. The fourth-order valence-electron chi connectivity index (χ4n) is 1.97. The number of fused-ring (bicyclic) bond motifs is 1. The first kappa shape index (κ1) is 9.90. The number of pyridine rings is 1. The number of hydrogen-bond acceptors (Lipinski definition) is 2. The molecule has 17 heavy (non-hydrogen) atoms. The van der Waals surface area contributed by atoms with E-state index in [0.717, 1.165) is 22.4 Å². The van der Waals surface area contributed by atoms with Gasteiger partial charge in [0.15, 0.2) is 0 Å². The minimum Gasteiger partial charge on any atom is -0.497 e. The molecule has 0 spiro atoms. The maximum absolute atomic E-state index is 5.15. The van der Waals surface area contributed by atoms with Gasteiger partial charge in [0.25, 0.3) is 0 Å². The second-order valence-electron chi connectivity index (χ2n) is 3.86. The number of benzene rings is 1. The molecule has 0 amide bonds. The van der Waals surface area contributed by atoms with Crippen molar-refractivity contribution in [2.24, 2.45) is 0 Å². The van der Waals surface area contributed by atoms with Crippen molar-refractivity contribution in [1.29, 1.82) is 0 Å². The number of hydrogen-bond donors (Lipinski definition) is 1. The van der Waals surface area contributed by atoms with Crippen molar-refractivity contribution in [3.63, 3.8) is 0 Å². The van der Waals surface area contributed by atoms with Crippen LogP contribution in [0.15, 0.2) is 48.9 Å². The molecule has 3 aromatic rings. The molecule has 0 radical (unpaired) electrons. The molecule has 0 atom stereocenters. The van der Waals surface area contributed by atoms with E-state index in [9.17, 15) is 0 Å². The van der Waals surface area contributed by atoms with Crippen LogP contribution in [0.4, 0.5) is 0 Å². The van der Waals surface area contributed by atoms with Gasteiger partial charge in [-0.1, -0.05) is 0 Å². The smallest absolute Gasteiger partial charge is 0.118 e. The van der Waals surface area contributed by atoms with E-state index < -0.39 is 0 Å². The highest BCUT2D eigenvalue weighted by atomic mass is 16.5. The molecule has 0 saturated heterocycles. The third-order valence-electron chi connectivity index (χ3n) is 2.87. The number of nitrogens with zero attached hydrogens (tertiary/aromatic N) is 1. The Kier molecular flexibility index (Phi) is 2.29. The number of H-pyrrole nitrogens is 1. The second-order valence-corrected chi connectivity index (χ2v) is 3.86. The number of nitrogens with one attached hydrogen (secondary N) is 1. The molecule has 2 aromatic heterocycles. The van der Waals surface area contributed by atoms with Gasteiger partial charge in [-0.15, -0.1) is 0 Å². The van der Waals surface area contributed by atoms with Crippen molar-refractivity contribution in [3.8, 4) is 17.0 Å². The predicted octanol–water partition coefficient (Wildman–Crippen LogP) is 3.24. The van der Waals surface area contributed by atoms with E-state index in [-0.39, 0.29) is 0 Å². The Labute approximate surface area is 99.1 Å². The van der Waals surface area contributed by atoms with E-state index in [1.165, 1.54) is 5.39 Å². The molecule has 3 nitrogen and oxygen atoms in total. The molecular weight excluding hydrogens is 212 g/mol. The summed E-state index contributed by atoms with van der Waals surface area (Å²) in [7, 11) is 1.67. The summed E-state index contributed by atoms with van der Waals surface area (Å²) in [4.78, 5) is 7.39. The van der Waals surface area contributed by atoms with Crippen molar-refractivity contribution in [2.75, 3.05) is 7.11 Å². The lowest BCUT2D eigenvalue weighted by Gasteiger charge is -2.02. The SMILES string of the molecule is COc1ccc(-c2[nH]cc3cnccc23)cc1. The molecule has 0 fully saturated rings. The lowest BCUT2D eigenvalue weighted by molar-refractivity contribution is 0.415. The molecule has 1 aromatic carbocycles. The average molecular weight is 224 g/mol. The van der Waals surface area contributed by atoms with Crippen LogP contribution in [0.3, 0.4) is 0 Å². The minimum atomic E-state index is 0.867. The molecule has 3 rings (SSSR count). The third-order valence-corrected chi connectivity index (χ3v) is 2.87. The zero-order valence-electron chi connectivity index (χ0n) is 9.47. The number of rotatable bonds is 2. The molecule has 84 valence electrons. The molecular formula is C14H12N2O. The van der Waals surface area contributed by atoms with Gasteiger partial charge in [0.05, 0.1) is 12.8 Å². The highest BCUT2D eigenvalue weighted by Gasteiger charge is 2.05. The Morgan fingerprint density at radius 3 is 2.71 bits per heavy atom. The van der Waals surface area contributed by atoms with E-state index in [1.54, 1.807) is 7.11 Å². The van der Waals surface area contributed by atoms with Gasteiger partial charge in [0.2, 0.25) is 0 Å². The molecule has 0 aliphatic carbocycles. The molecule has 0 aliphatic rings. The summed E-state index contributed by atoms with van der Waals surface area (Å²) >= 11 is 0. The largest absolute Gasteiger partial charge is 0.497 e. The van der Waals surface area contributed by atoms with E-state index >= 15 is 0 Å². The van der Waals surface area contributed by atoms with Gasteiger partial charge in [-0.05, 0) is 35.9 Å². The Morgan fingerprint density at radius 2 is 1.94 bits per heavy atom. The maximum atomic E-state index is 5.15. The summed E-state index contributed by atoms with van der Waals surface area (Å²) in [6.07, 6.45) is 5.64. The first-order valence-electron chi connectivity index (χ1n) is 5.44. The highest BCUT2D eigenvalue weighted by molar-refractivity contribution is 5.95. The normalized spacial score (nSPS) is 10.6. The van der Waals surface area contributed by atoms with E-state index in [4.69, 9.17) is 4.74 Å². The lowest BCUT2D eigenvalue weighted by atomic mass is 10.1. The lowest BCUT2D eigenvalue weighted by Crippen LogP contribution is -1.83. The summed E-state index contributed by atoms with van der Waals surface area (Å²) in [5.74, 6) is 0.867. The van der Waals surface area contributed by atoms with Crippen LogP contribution in [0.2, 0.25) is 0 Å². The van der Waals surface area contributed by atoms with Crippen LogP contribution < -0.4 is 4.74 Å². The zero-order valence-corrected chi connectivity index (χ0v) is 9.47. The van der Waals surface area contributed by atoms with Gasteiger partial charge >= 0.3 is 0 Å². The van der Waals surface area contributed by atoms with E-state index in [2.05, 4.69) is 9.97 Å². The Balaban J connectivity index is 2.13. The second kappa shape index (κ2) is 3.94. The van der Waals surface area contributed by atoms with Crippen molar-refractivity contribution >= 4 is 10.8 Å². The van der Waals surface area contributed by atoms with Crippen LogP contribution in [-0.2, 0) is 0 Å². The molecule has 0 aliphatic heterocycles. The maximum Gasteiger partial charge on any atom is 0.118 e. The van der Waals surface area contributed by atoms with Crippen molar-refractivity contribution < 1.29 is 4.74 Å². The summed E-state index contributed by atoms with van der Waals surface area (Å²) < 4.78 is 5.15. The molecule has 1 N–H and O–H groups in total. The Hall–Kier alpha value is -2.29. The van der Waals surface area contributed by atoms with Gasteiger partial charge in [-0.2, -0.15) is 0 Å². The standard InChI is InChI=1S/C14H12N2O/c1-17-12-4-2-10(3-5-12)14-13-6-7-15-8-11(13)9-16-14/h2-9,16H,1H3. The van der Waals surface area contributed by atoms with Crippen LogP contribution in [0.5, 0.6) is 5.75 Å². The van der Waals surface area contributed by atoms with Crippen LogP contribution in [0, 0.1) is 0 Å². The monoisotopic (exact) mass is 224 g/mol. The van der Waals surface area contributed by atoms with Crippen molar-refractivity contribution in [1.82, 2.24) is 9.97 Å². The van der Waals surface area contributed by atoms with Crippen LogP contribution in [-0.4, -0.2) is 17.1 Å². The first-order valence-corrected chi connectivity index (χ1v) is 5.44.